The van der Waals surface area contributed by atoms with Crippen molar-refractivity contribution in [1.29, 1.82) is 0 Å². The standard InChI is InChI=1S/C19H22FN2O9P/c1-2-28-18(24)14-6-4-3-5-12(14)10-29-32(26,27)30-11-13-7-8-16(31-13)22-9-15(20)17(23)21-19(22)25/h3-6,9,13,16H,2,7-8,10-11H2,1H3,(H,26,27)(H,21,23,25)/t13-,16+/m0/s1. The Bertz CT molecular complexity index is 1130. The topological polar surface area (TPSA) is 146 Å². The third kappa shape index (κ3) is 5.99. The second-order valence-corrected chi connectivity index (χ2v) is 8.30. The van der Waals surface area contributed by atoms with Gasteiger partial charge < -0.3 is 14.4 Å². The average Bonchev–Trinajstić information content (AvgIpc) is 3.23. The first-order valence-electron chi connectivity index (χ1n) is 9.73. The number of hydrogen-bond acceptors (Lipinski definition) is 8. The van der Waals surface area contributed by atoms with Crippen LogP contribution in [0, 0.1) is 5.82 Å². The number of carbonyl (C=O) groups is 1. The fourth-order valence-corrected chi connectivity index (χ4v) is 3.84. The fourth-order valence-electron chi connectivity index (χ4n) is 3.11. The van der Waals surface area contributed by atoms with E-state index in [9.17, 15) is 28.2 Å². The molecular weight excluding hydrogens is 450 g/mol. The summed E-state index contributed by atoms with van der Waals surface area (Å²) < 4.78 is 47.1. The van der Waals surface area contributed by atoms with Crippen molar-refractivity contribution in [3.63, 3.8) is 0 Å². The van der Waals surface area contributed by atoms with Gasteiger partial charge in [0, 0.05) is 0 Å². The number of esters is 1. The highest BCUT2D eigenvalue weighted by molar-refractivity contribution is 7.47. The molecule has 11 nitrogen and oxygen atoms in total. The predicted octanol–water partition coefficient (Wildman–Crippen LogP) is 1.86. The van der Waals surface area contributed by atoms with E-state index in [0.717, 1.165) is 10.8 Å². The first kappa shape index (κ1) is 24.0. The molecule has 1 aliphatic rings. The Kier molecular flexibility index (Phi) is 7.75. The molecule has 1 aromatic heterocycles. The lowest BCUT2D eigenvalue weighted by Gasteiger charge is -2.18. The lowest BCUT2D eigenvalue weighted by Crippen LogP contribution is -2.34. The van der Waals surface area contributed by atoms with Crippen molar-refractivity contribution >= 4 is 13.8 Å². The number of halogens is 1. The molecule has 0 saturated carbocycles. The number of phosphoric acid groups is 1. The van der Waals surface area contributed by atoms with Gasteiger partial charge in [-0.2, -0.15) is 4.39 Å². The minimum Gasteiger partial charge on any atom is -0.462 e. The van der Waals surface area contributed by atoms with Crippen LogP contribution in [0.25, 0.3) is 0 Å². The van der Waals surface area contributed by atoms with Gasteiger partial charge in [-0.1, -0.05) is 18.2 Å². The van der Waals surface area contributed by atoms with Gasteiger partial charge in [0.2, 0.25) is 5.82 Å². The number of nitrogens with one attached hydrogen (secondary N) is 1. The number of ether oxygens (including phenoxy) is 2. The summed E-state index contributed by atoms with van der Waals surface area (Å²) in [5.41, 5.74) is -1.42. The Morgan fingerprint density at radius 3 is 2.81 bits per heavy atom. The van der Waals surface area contributed by atoms with Crippen molar-refractivity contribution in [1.82, 2.24) is 9.55 Å². The van der Waals surface area contributed by atoms with E-state index >= 15 is 0 Å². The van der Waals surface area contributed by atoms with E-state index in [4.69, 9.17) is 18.5 Å². The van der Waals surface area contributed by atoms with Crippen LogP contribution in [0.4, 0.5) is 4.39 Å². The SMILES string of the molecule is CCOC(=O)c1ccccc1COP(=O)(O)OC[C@@H]1CC[C@H](n2cc(F)c(=O)[nH]c2=O)O1. The van der Waals surface area contributed by atoms with E-state index in [2.05, 4.69) is 0 Å². The molecule has 0 bridgehead atoms. The van der Waals surface area contributed by atoms with Gasteiger partial charge in [0.15, 0.2) is 0 Å². The molecule has 1 aliphatic heterocycles. The van der Waals surface area contributed by atoms with E-state index < -0.39 is 43.2 Å². The number of benzene rings is 1. The highest BCUT2D eigenvalue weighted by atomic mass is 31.2. The summed E-state index contributed by atoms with van der Waals surface area (Å²) in [7, 11) is -4.50. The maximum absolute atomic E-state index is 13.5. The molecule has 2 aromatic rings. The minimum atomic E-state index is -4.50. The van der Waals surface area contributed by atoms with E-state index in [1.807, 2.05) is 4.98 Å². The van der Waals surface area contributed by atoms with Gasteiger partial charge in [0.05, 0.1) is 37.7 Å². The fraction of sp³-hybridized carbons (Fsp3) is 0.421. The van der Waals surface area contributed by atoms with E-state index in [0.29, 0.717) is 18.4 Å². The minimum absolute atomic E-state index is 0.176. The second kappa shape index (κ2) is 10.3. The predicted molar refractivity (Wildman–Crippen MR) is 107 cm³/mol. The number of carbonyl (C=O) groups excluding carboxylic acids is 1. The molecule has 2 heterocycles. The second-order valence-electron chi connectivity index (χ2n) is 6.85. The van der Waals surface area contributed by atoms with Gasteiger partial charge in [-0.05, 0) is 31.4 Å². The first-order chi connectivity index (χ1) is 15.2. The molecule has 174 valence electrons. The summed E-state index contributed by atoms with van der Waals surface area (Å²) in [6, 6.07) is 6.32. The van der Waals surface area contributed by atoms with Gasteiger partial charge >= 0.3 is 19.5 Å². The Morgan fingerprint density at radius 2 is 2.06 bits per heavy atom. The van der Waals surface area contributed by atoms with Crippen molar-refractivity contribution in [2.45, 2.75) is 38.7 Å². The summed E-state index contributed by atoms with van der Waals surface area (Å²) in [4.78, 5) is 46.7. The molecule has 1 saturated heterocycles. The lowest BCUT2D eigenvalue weighted by molar-refractivity contribution is -0.0267. The number of H-pyrrole nitrogens is 1. The van der Waals surface area contributed by atoms with Crippen LogP contribution in [0.15, 0.2) is 40.1 Å². The molecule has 2 N–H and O–H groups in total. The molecule has 1 aromatic carbocycles. The van der Waals surface area contributed by atoms with Gasteiger partial charge in [0.25, 0.3) is 5.56 Å². The molecule has 0 amide bonds. The number of hydrogen-bond donors (Lipinski definition) is 2. The van der Waals surface area contributed by atoms with Gasteiger partial charge in [-0.25, -0.2) is 14.2 Å². The normalized spacial score (nSPS) is 20.1. The summed E-state index contributed by atoms with van der Waals surface area (Å²) in [5.74, 6) is -1.72. The Balaban J connectivity index is 1.55. The molecule has 32 heavy (non-hydrogen) atoms. The van der Waals surface area contributed by atoms with E-state index in [-0.39, 0.29) is 25.4 Å². The quantitative estimate of drug-likeness (QED) is 0.412. The molecule has 1 unspecified atom stereocenters. The molecule has 0 radical (unpaired) electrons. The van der Waals surface area contributed by atoms with Crippen LogP contribution in [-0.4, -0.2) is 39.7 Å². The van der Waals surface area contributed by atoms with Crippen molar-refractivity contribution in [3.8, 4) is 0 Å². The molecule has 0 aliphatic carbocycles. The third-order valence-electron chi connectivity index (χ3n) is 4.64. The van der Waals surface area contributed by atoms with Crippen molar-refractivity contribution in [2.24, 2.45) is 0 Å². The summed E-state index contributed by atoms with van der Waals surface area (Å²) >= 11 is 0. The van der Waals surface area contributed by atoms with Crippen LogP contribution in [-0.2, 0) is 29.7 Å². The zero-order valence-corrected chi connectivity index (χ0v) is 18.0. The number of phosphoric ester groups is 1. The van der Waals surface area contributed by atoms with Gasteiger partial charge in [-0.15, -0.1) is 0 Å². The van der Waals surface area contributed by atoms with E-state index in [1.165, 1.54) is 6.07 Å². The van der Waals surface area contributed by atoms with Gasteiger partial charge in [0.1, 0.15) is 6.23 Å². The Hall–Kier alpha value is -2.63. The number of aromatic nitrogens is 2. The highest BCUT2D eigenvalue weighted by Crippen LogP contribution is 2.45. The van der Waals surface area contributed by atoms with Gasteiger partial charge in [-0.3, -0.25) is 23.4 Å². The molecular formula is C19H22FN2O9P. The van der Waals surface area contributed by atoms with E-state index in [1.54, 1.807) is 25.1 Å². The Morgan fingerprint density at radius 1 is 1.31 bits per heavy atom. The average molecular weight is 472 g/mol. The maximum Gasteiger partial charge on any atom is 0.472 e. The first-order valence-corrected chi connectivity index (χ1v) is 11.2. The van der Waals surface area contributed by atoms with Crippen LogP contribution in [0.2, 0.25) is 0 Å². The zero-order valence-electron chi connectivity index (χ0n) is 17.1. The number of nitrogens with zero attached hydrogens (tertiary/aromatic N) is 1. The Labute approximate surface area is 181 Å². The maximum atomic E-state index is 13.5. The van der Waals surface area contributed by atoms with Crippen molar-refractivity contribution in [3.05, 3.63) is 68.2 Å². The van der Waals surface area contributed by atoms with Crippen LogP contribution < -0.4 is 11.2 Å². The number of aromatic amines is 1. The highest BCUT2D eigenvalue weighted by Gasteiger charge is 2.31. The van der Waals surface area contributed by atoms with Crippen LogP contribution >= 0.6 is 7.82 Å². The summed E-state index contributed by atoms with van der Waals surface area (Å²) in [5, 5.41) is 0. The number of rotatable bonds is 9. The molecule has 3 atom stereocenters. The largest absolute Gasteiger partial charge is 0.472 e. The molecule has 13 heteroatoms. The van der Waals surface area contributed by atoms with Crippen LogP contribution in [0.5, 0.6) is 0 Å². The smallest absolute Gasteiger partial charge is 0.462 e. The molecule has 1 fully saturated rings. The molecule has 0 spiro atoms. The summed E-state index contributed by atoms with van der Waals surface area (Å²) in [6.45, 7) is 1.13. The lowest BCUT2D eigenvalue weighted by atomic mass is 10.1. The van der Waals surface area contributed by atoms with Crippen molar-refractivity contribution in [2.75, 3.05) is 13.2 Å². The van der Waals surface area contributed by atoms with Crippen LogP contribution in [0.1, 0.15) is 41.9 Å². The molecule has 3 rings (SSSR count). The summed E-state index contributed by atoms with van der Waals surface area (Å²) in [6.07, 6.45) is -0.140. The monoisotopic (exact) mass is 472 g/mol. The zero-order chi connectivity index (χ0) is 23.3. The van der Waals surface area contributed by atoms with Crippen molar-refractivity contribution < 1.29 is 37.2 Å². The van der Waals surface area contributed by atoms with Crippen LogP contribution in [0.3, 0.4) is 0 Å². The third-order valence-corrected chi connectivity index (χ3v) is 5.57.